The van der Waals surface area contributed by atoms with Gasteiger partial charge in [0.15, 0.2) is 0 Å². The van der Waals surface area contributed by atoms with E-state index in [1.807, 2.05) is 37.4 Å². The van der Waals surface area contributed by atoms with E-state index in [0.29, 0.717) is 0 Å². The fourth-order valence-corrected chi connectivity index (χ4v) is 4.23. The molecule has 0 fully saturated rings. The van der Waals surface area contributed by atoms with E-state index in [0.717, 1.165) is 28.6 Å². The third-order valence-corrected chi connectivity index (χ3v) is 5.00. The largest absolute Gasteiger partial charge is 0.389 e. The van der Waals surface area contributed by atoms with Gasteiger partial charge in [0.1, 0.15) is 0 Å². The Labute approximate surface area is 121 Å². The van der Waals surface area contributed by atoms with Crippen LogP contribution in [0.3, 0.4) is 0 Å². The fourth-order valence-electron chi connectivity index (χ4n) is 4.23. The van der Waals surface area contributed by atoms with E-state index < -0.39 is 18.5 Å². The van der Waals surface area contributed by atoms with Crippen molar-refractivity contribution in [2.75, 3.05) is 0 Å². The first-order valence-corrected chi connectivity index (χ1v) is 7.28. The van der Waals surface area contributed by atoms with Gasteiger partial charge in [-0.25, -0.2) is 0 Å². The van der Waals surface area contributed by atoms with Gasteiger partial charge in [0.2, 0.25) is 0 Å². The summed E-state index contributed by atoms with van der Waals surface area (Å²) in [4.78, 5) is 0. The Kier molecular flexibility index (Phi) is 2.57. The zero-order chi connectivity index (χ0) is 14.8. The molecule has 3 atom stereocenters. The molecule has 110 valence electrons. The molecule has 21 heavy (non-hydrogen) atoms. The quantitative estimate of drug-likeness (QED) is 0.659. The number of hydrogen-bond donors (Lipinski definition) is 0. The maximum Gasteiger partial charge on any atom is 0.389 e. The Hall–Kier alpha value is -1.71. The molecule has 1 aromatic carbocycles. The first-order valence-electron chi connectivity index (χ1n) is 7.28. The van der Waals surface area contributed by atoms with Crippen molar-refractivity contribution in [3.8, 4) is 0 Å². The predicted molar refractivity (Wildman–Crippen MR) is 76.3 cm³/mol. The van der Waals surface area contributed by atoms with Crippen molar-refractivity contribution in [1.29, 1.82) is 0 Å². The van der Waals surface area contributed by atoms with Crippen LogP contribution in [0.2, 0.25) is 0 Å². The Morgan fingerprint density at radius 1 is 1.19 bits per heavy atom. The zero-order valence-electron chi connectivity index (χ0n) is 11.7. The van der Waals surface area contributed by atoms with Gasteiger partial charge >= 0.3 is 6.18 Å². The van der Waals surface area contributed by atoms with Crippen LogP contribution >= 0.6 is 0 Å². The van der Waals surface area contributed by atoms with Crippen LogP contribution in [0.1, 0.15) is 35.9 Å². The van der Waals surface area contributed by atoms with E-state index in [4.69, 9.17) is 0 Å². The van der Waals surface area contributed by atoms with Crippen molar-refractivity contribution in [3.05, 3.63) is 47.7 Å². The van der Waals surface area contributed by atoms with Gasteiger partial charge in [0.05, 0.1) is 6.42 Å². The number of para-hydroxylation sites is 1. The van der Waals surface area contributed by atoms with Gasteiger partial charge in [-0.3, -0.25) is 0 Å². The van der Waals surface area contributed by atoms with Crippen LogP contribution in [0.25, 0.3) is 10.9 Å². The second-order valence-electron chi connectivity index (χ2n) is 6.19. The van der Waals surface area contributed by atoms with Crippen LogP contribution in [0, 0.1) is 5.92 Å². The molecule has 0 amide bonds. The van der Waals surface area contributed by atoms with Crippen molar-refractivity contribution in [2.45, 2.75) is 30.9 Å². The third-order valence-electron chi connectivity index (χ3n) is 5.00. The summed E-state index contributed by atoms with van der Waals surface area (Å²) in [6, 6.07) is 7.82. The number of rotatable bonds is 1. The highest BCUT2D eigenvalue weighted by Crippen LogP contribution is 2.54. The molecule has 0 saturated heterocycles. The lowest BCUT2D eigenvalue weighted by atomic mass is 9.75. The van der Waals surface area contributed by atoms with Crippen molar-refractivity contribution in [1.82, 2.24) is 4.57 Å². The number of allylic oxidation sites excluding steroid dienone is 2. The molecule has 1 aromatic heterocycles. The monoisotopic (exact) mass is 291 g/mol. The number of fused-ring (bicyclic) bond motifs is 6. The van der Waals surface area contributed by atoms with Gasteiger partial charge in [0, 0.05) is 35.5 Å². The average Bonchev–Trinajstić information content (AvgIpc) is 2.96. The Morgan fingerprint density at radius 2 is 1.95 bits per heavy atom. The van der Waals surface area contributed by atoms with E-state index in [9.17, 15) is 13.2 Å². The molecule has 0 saturated carbocycles. The van der Waals surface area contributed by atoms with Gasteiger partial charge in [-0.1, -0.05) is 30.4 Å². The summed E-state index contributed by atoms with van der Waals surface area (Å²) in [5, 5.41) is 0.989. The second kappa shape index (κ2) is 4.15. The summed E-state index contributed by atoms with van der Waals surface area (Å²) in [6.45, 7) is 0. The van der Waals surface area contributed by atoms with Crippen LogP contribution in [0.5, 0.6) is 0 Å². The smallest absolute Gasteiger partial charge is 0.347 e. The van der Waals surface area contributed by atoms with Crippen molar-refractivity contribution in [2.24, 2.45) is 13.0 Å². The van der Waals surface area contributed by atoms with E-state index in [2.05, 4.69) is 10.6 Å². The highest BCUT2D eigenvalue weighted by atomic mass is 19.4. The zero-order valence-corrected chi connectivity index (χ0v) is 11.7. The maximum atomic E-state index is 13.0. The number of benzene rings is 1. The standard InChI is InChI=1S/C17H16F3N/c1-21-14-5-3-2-4-12(14)15-13(9-17(18,19)20)10-6-7-11(8-10)16(15)21/h2-7,10-11,13H,8-9H2,1H3/t10-,11+,13+/m1/s1. The molecule has 1 nitrogen and oxygen atoms in total. The summed E-state index contributed by atoms with van der Waals surface area (Å²) in [5.41, 5.74) is 3.04. The number of aromatic nitrogens is 1. The molecule has 0 aliphatic heterocycles. The minimum atomic E-state index is -4.12. The summed E-state index contributed by atoms with van der Waals surface area (Å²) in [5.74, 6) is -0.150. The number of hydrogen-bond acceptors (Lipinski definition) is 0. The lowest BCUT2D eigenvalue weighted by Gasteiger charge is -2.31. The van der Waals surface area contributed by atoms with Crippen LogP contribution in [0.4, 0.5) is 13.2 Å². The summed E-state index contributed by atoms with van der Waals surface area (Å²) >= 11 is 0. The first-order chi connectivity index (χ1) is 9.96. The lowest BCUT2D eigenvalue weighted by Crippen LogP contribution is -2.24. The van der Waals surface area contributed by atoms with Crippen LogP contribution in [-0.2, 0) is 7.05 Å². The van der Waals surface area contributed by atoms with Crippen molar-refractivity contribution < 1.29 is 13.2 Å². The molecule has 0 radical (unpaired) electrons. The summed E-state index contributed by atoms with van der Waals surface area (Å²) in [6.07, 6.45) is 0.0599. The van der Waals surface area contributed by atoms with E-state index >= 15 is 0 Å². The highest BCUT2D eigenvalue weighted by molar-refractivity contribution is 5.87. The lowest BCUT2D eigenvalue weighted by molar-refractivity contribution is -0.141. The molecule has 1 heterocycles. The number of nitrogens with zero attached hydrogens (tertiary/aromatic N) is 1. The summed E-state index contributed by atoms with van der Waals surface area (Å²) in [7, 11) is 1.97. The summed E-state index contributed by atoms with van der Waals surface area (Å²) < 4.78 is 41.2. The van der Waals surface area contributed by atoms with Crippen LogP contribution in [-0.4, -0.2) is 10.7 Å². The van der Waals surface area contributed by atoms with Crippen molar-refractivity contribution in [3.63, 3.8) is 0 Å². The highest BCUT2D eigenvalue weighted by Gasteiger charge is 2.44. The maximum absolute atomic E-state index is 13.0. The minimum absolute atomic E-state index is 0.0231. The molecule has 2 bridgehead atoms. The molecular formula is C17H16F3N. The first kappa shape index (κ1) is 13.0. The topological polar surface area (TPSA) is 4.93 Å². The number of alkyl halides is 3. The van der Waals surface area contributed by atoms with Gasteiger partial charge in [-0.05, 0) is 24.0 Å². The van der Waals surface area contributed by atoms with Crippen LogP contribution in [0.15, 0.2) is 36.4 Å². The fraction of sp³-hybridized carbons (Fsp3) is 0.412. The molecule has 0 spiro atoms. The molecule has 4 heteroatoms. The van der Waals surface area contributed by atoms with E-state index in [-0.39, 0.29) is 11.8 Å². The predicted octanol–water partition coefficient (Wildman–Crippen LogP) is 4.89. The van der Waals surface area contributed by atoms with Crippen molar-refractivity contribution >= 4 is 10.9 Å². The average molecular weight is 291 g/mol. The van der Waals surface area contributed by atoms with Gasteiger partial charge in [-0.2, -0.15) is 13.2 Å². The van der Waals surface area contributed by atoms with Gasteiger partial charge in [0.25, 0.3) is 0 Å². The molecule has 2 aromatic rings. The molecule has 0 N–H and O–H groups in total. The Bertz CT molecular complexity index is 738. The SMILES string of the molecule is Cn1c2c(c3ccccc31)[C@@H](CC(F)(F)F)[C@@H]1C=C[C@H]2C1. The molecule has 4 rings (SSSR count). The molecular weight excluding hydrogens is 275 g/mol. The number of aryl methyl sites for hydroxylation is 1. The Balaban J connectivity index is 1.97. The van der Waals surface area contributed by atoms with E-state index in [1.54, 1.807) is 0 Å². The molecule has 2 aliphatic rings. The van der Waals surface area contributed by atoms with E-state index in [1.165, 1.54) is 0 Å². The molecule has 0 unspecified atom stereocenters. The van der Waals surface area contributed by atoms with Gasteiger partial charge in [-0.15, -0.1) is 0 Å². The third kappa shape index (κ3) is 1.84. The molecule has 2 aliphatic carbocycles. The normalized spacial score (nSPS) is 27.3. The minimum Gasteiger partial charge on any atom is -0.347 e. The second-order valence-corrected chi connectivity index (χ2v) is 6.19. The Morgan fingerprint density at radius 3 is 2.71 bits per heavy atom. The van der Waals surface area contributed by atoms with Crippen LogP contribution < -0.4 is 0 Å². The van der Waals surface area contributed by atoms with Gasteiger partial charge < -0.3 is 4.57 Å². The number of halogens is 3.